The first-order chi connectivity index (χ1) is 8.76. The lowest BCUT2D eigenvalue weighted by Gasteiger charge is -2.14. The molecule has 1 aromatic heterocycles. The number of hydrogen-bond acceptors (Lipinski definition) is 5. The molecule has 1 heterocycles. The second-order valence-electron chi connectivity index (χ2n) is 3.33. The van der Waals surface area contributed by atoms with Crippen molar-refractivity contribution in [1.29, 1.82) is 0 Å². The number of pyridine rings is 1. The standard InChI is InChI=1S/C10H9BrF3NO4/c1-18-9(17)2-5-8(19-10(12,13)14)3-7(16)6(4-11)15-5/h3,16H,2,4H2,1H3. The molecule has 9 heteroatoms. The van der Waals surface area contributed by atoms with Gasteiger partial charge in [-0.3, -0.25) is 4.79 Å². The first-order valence-corrected chi connectivity index (χ1v) is 5.99. The highest BCUT2D eigenvalue weighted by molar-refractivity contribution is 9.08. The number of ether oxygens (including phenoxy) is 2. The normalized spacial score (nSPS) is 11.2. The Labute approximate surface area is 114 Å². The zero-order valence-corrected chi connectivity index (χ0v) is 11.2. The van der Waals surface area contributed by atoms with Gasteiger partial charge in [0.25, 0.3) is 0 Å². The van der Waals surface area contributed by atoms with Crippen molar-refractivity contribution in [2.24, 2.45) is 0 Å². The zero-order valence-electron chi connectivity index (χ0n) is 9.62. The van der Waals surface area contributed by atoms with Gasteiger partial charge in [-0.15, -0.1) is 13.2 Å². The number of aromatic hydroxyl groups is 1. The lowest BCUT2D eigenvalue weighted by molar-refractivity contribution is -0.275. The minimum absolute atomic E-state index is 0.0911. The quantitative estimate of drug-likeness (QED) is 0.671. The molecule has 1 aromatic rings. The highest BCUT2D eigenvalue weighted by Gasteiger charge is 2.33. The van der Waals surface area contributed by atoms with Crippen molar-refractivity contribution in [3.63, 3.8) is 0 Å². The van der Waals surface area contributed by atoms with Gasteiger partial charge in [0.2, 0.25) is 0 Å². The minimum atomic E-state index is -4.95. The summed E-state index contributed by atoms with van der Waals surface area (Å²) in [6, 6.07) is 0.759. The van der Waals surface area contributed by atoms with E-state index in [2.05, 4.69) is 30.4 Å². The van der Waals surface area contributed by atoms with Crippen molar-refractivity contribution in [2.45, 2.75) is 18.1 Å². The summed E-state index contributed by atoms with van der Waals surface area (Å²) in [4.78, 5) is 14.9. The van der Waals surface area contributed by atoms with Crippen molar-refractivity contribution >= 4 is 21.9 Å². The van der Waals surface area contributed by atoms with Gasteiger partial charge in [0.15, 0.2) is 5.75 Å². The molecule has 0 bridgehead atoms. The van der Waals surface area contributed by atoms with Crippen LogP contribution in [0.4, 0.5) is 13.2 Å². The number of carbonyl (C=O) groups excluding carboxylic acids is 1. The molecule has 1 N–H and O–H groups in total. The molecular weight excluding hydrogens is 335 g/mol. The molecule has 0 aromatic carbocycles. The summed E-state index contributed by atoms with van der Waals surface area (Å²) in [5.41, 5.74) is -0.176. The van der Waals surface area contributed by atoms with E-state index >= 15 is 0 Å². The predicted molar refractivity (Wildman–Crippen MR) is 60.9 cm³/mol. The summed E-state index contributed by atoms with van der Waals surface area (Å²) >= 11 is 3.01. The Hall–Kier alpha value is -1.51. The van der Waals surface area contributed by atoms with Gasteiger partial charge in [0.1, 0.15) is 5.75 Å². The van der Waals surface area contributed by atoms with Crippen molar-refractivity contribution in [3.05, 3.63) is 17.5 Å². The molecule has 0 aliphatic rings. The Kier molecular flexibility index (Phi) is 4.98. The molecule has 0 fully saturated rings. The van der Waals surface area contributed by atoms with E-state index in [0.717, 1.165) is 13.2 Å². The van der Waals surface area contributed by atoms with E-state index in [1.54, 1.807) is 0 Å². The van der Waals surface area contributed by atoms with Crippen LogP contribution in [0.25, 0.3) is 0 Å². The highest BCUT2D eigenvalue weighted by Crippen LogP contribution is 2.31. The van der Waals surface area contributed by atoms with Crippen LogP contribution in [0.15, 0.2) is 6.07 Å². The number of rotatable bonds is 4. The number of nitrogens with zero attached hydrogens (tertiary/aromatic N) is 1. The summed E-state index contributed by atoms with van der Waals surface area (Å²) in [5.74, 6) is -1.98. The van der Waals surface area contributed by atoms with E-state index in [9.17, 15) is 23.1 Å². The number of methoxy groups -OCH3 is 1. The molecule has 0 saturated heterocycles. The largest absolute Gasteiger partial charge is 0.573 e. The monoisotopic (exact) mass is 343 g/mol. The SMILES string of the molecule is COC(=O)Cc1nc(CBr)c(O)cc1OC(F)(F)F. The number of esters is 1. The summed E-state index contributed by atoms with van der Waals surface area (Å²) in [6.07, 6.45) is -5.45. The molecule has 19 heavy (non-hydrogen) atoms. The Morgan fingerprint density at radius 3 is 2.58 bits per heavy atom. The number of hydrogen-bond donors (Lipinski definition) is 1. The average Bonchev–Trinajstić information content (AvgIpc) is 2.30. The Morgan fingerprint density at radius 1 is 1.47 bits per heavy atom. The maximum absolute atomic E-state index is 12.2. The first-order valence-electron chi connectivity index (χ1n) is 4.87. The van der Waals surface area contributed by atoms with Crippen LogP contribution in [0.2, 0.25) is 0 Å². The third-order valence-electron chi connectivity index (χ3n) is 2.01. The van der Waals surface area contributed by atoms with Gasteiger partial charge in [0, 0.05) is 11.4 Å². The third kappa shape index (κ3) is 4.58. The second kappa shape index (κ2) is 6.09. The fourth-order valence-corrected chi connectivity index (χ4v) is 1.63. The van der Waals surface area contributed by atoms with E-state index in [1.807, 2.05) is 0 Å². The zero-order chi connectivity index (χ0) is 14.6. The van der Waals surface area contributed by atoms with Crippen LogP contribution >= 0.6 is 15.9 Å². The summed E-state index contributed by atoms with van der Waals surface area (Å²) < 4.78 is 44.7. The Bertz CT molecular complexity index is 479. The molecular formula is C10H9BrF3NO4. The van der Waals surface area contributed by atoms with Crippen LogP contribution in [0.3, 0.4) is 0 Å². The van der Waals surface area contributed by atoms with E-state index in [0.29, 0.717) is 0 Å². The van der Waals surface area contributed by atoms with Gasteiger partial charge < -0.3 is 14.6 Å². The fourth-order valence-electron chi connectivity index (χ4n) is 1.21. The van der Waals surface area contributed by atoms with E-state index < -0.39 is 30.3 Å². The molecule has 106 valence electrons. The summed E-state index contributed by atoms with van der Waals surface area (Å²) in [6.45, 7) is 0. The maximum Gasteiger partial charge on any atom is 0.573 e. The number of carbonyl (C=O) groups is 1. The topological polar surface area (TPSA) is 68.7 Å². The smallest absolute Gasteiger partial charge is 0.506 e. The molecule has 0 radical (unpaired) electrons. The minimum Gasteiger partial charge on any atom is -0.506 e. The van der Waals surface area contributed by atoms with E-state index in [-0.39, 0.29) is 16.7 Å². The van der Waals surface area contributed by atoms with Gasteiger partial charge in [0.05, 0.1) is 24.9 Å². The van der Waals surface area contributed by atoms with Gasteiger partial charge in [-0.2, -0.15) is 0 Å². The molecule has 1 rings (SSSR count). The third-order valence-corrected chi connectivity index (χ3v) is 2.54. The number of alkyl halides is 4. The van der Waals surface area contributed by atoms with Crippen LogP contribution in [0.5, 0.6) is 11.5 Å². The molecule has 0 saturated carbocycles. The van der Waals surface area contributed by atoms with E-state index in [4.69, 9.17) is 0 Å². The van der Waals surface area contributed by atoms with E-state index in [1.165, 1.54) is 0 Å². The van der Waals surface area contributed by atoms with Gasteiger partial charge >= 0.3 is 12.3 Å². The molecule has 0 unspecified atom stereocenters. The number of aromatic nitrogens is 1. The lowest BCUT2D eigenvalue weighted by Crippen LogP contribution is -2.19. The van der Waals surface area contributed by atoms with Crippen molar-refractivity contribution in [1.82, 2.24) is 4.98 Å². The van der Waals surface area contributed by atoms with Crippen molar-refractivity contribution < 1.29 is 32.5 Å². The molecule has 0 aliphatic heterocycles. The summed E-state index contributed by atoms with van der Waals surface area (Å²) in [7, 11) is 1.10. The molecule has 0 atom stereocenters. The predicted octanol–water partition coefficient (Wildman–Crippen LogP) is 2.30. The fraction of sp³-hybridized carbons (Fsp3) is 0.400. The summed E-state index contributed by atoms with van der Waals surface area (Å²) in [5, 5.41) is 9.56. The van der Waals surface area contributed by atoms with Crippen LogP contribution < -0.4 is 4.74 Å². The number of halogens is 4. The van der Waals surface area contributed by atoms with Crippen LogP contribution in [0.1, 0.15) is 11.4 Å². The van der Waals surface area contributed by atoms with Crippen LogP contribution in [-0.4, -0.2) is 29.5 Å². The first kappa shape index (κ1) is 15.5. The molecule has 0 aliphatic carbocycles. The second-order valence-corrected chi connectivity index (χ2v) is 3.89. The van der Waals surface area contributed by atoms with Crippen molar-refractivity contribution in [3.8, 4) is 11.5 Å². The van der Waals surface area contributed by atoms with Crippen LogP contribution in [-0.2, 0) is 21.3 Å². The Morgan fingerprint density at radius 2 is 2.11 bits per heavy atom. The maximum atomic E-state index is 12.2. The highest BCUT2D eigenvalue weighted by atomic mass is 79.9. The van der Waals surface area contributed by atoms with Crippen molar-refractivity contribution in [2.75, 3.05) is 7.11 Å². The van der Waals surface area contributed by atoms with Gasteiger partial charge in [-0.1, -0.05) is 15.9 Å². The molecule has 0 spiro atoms. The molecule has 5 nitrogen and oxygen atoms in total. The average molecular weight is 344 g/mol. The van der Waals surface area contributed by atoms with Crippen LogP contribution in [0, 0.1) is 0 Å². The van der Waals surface area contributed by atoms with Gasteiger partial charge in [-0.05, 0) is 0 Å². The Balaban J connectivity index is 3.18. The van der Waals surface area contributed by atoms with Gasteiger partial charge in [-0.25, -0.2) is 4.98 Å². The molecule has 0 amide bonds. The lowest BCUT2D eigenvalue weighted by atomic mass is 10.2.